The highest BCUT2D eigenvalue weighted by molar-refractivity contribution is 6.21. The Bertz CT molecular complexity index is 984. The molecule has 0 aromatic heterocycles. The van der Waals surface area contributed by atoms with Crippen LogP contribution in [0.2, 0.25) is 0 Å². The van der Waals surface area contributed by atoms with E-state index in [4.69, 9.17) is 0 Å². The maximum absolute atomic E-state index is 12.9. The molecule has 0 aliphatic carbocycles. The zero-order chi connectivity index (χ0) is 21.3. The maximum Gasteiger partial charge on any atom is 0.257 e. The molecular weight excluding hydrogens is 372 g/mol. The Balaban J connectivity index is 1.81. The van der Waals surface area contributed by atoms with Crippen LogP contribution in [0.25, 0.3) is 6.08 Å². The second kappa shape index (κ2) is 10.2. The van der Waals surface area contributed by atoms with E-state index in [9.17, 15) is 9.59 Å². The van der Waals surface area contributed by atoms with Gasteiger partial charge in [-0.05, 0) is 42.2 Å². The third-order valence-corrected chi connectivity index (χ3v) is 4.82. The van der Waals surface area contributed by atoms with Crippen molar-refractivity contribution in [1.29, 1.82) is 0 Å². The van der Waals surface area contributed by atoms with Gasteiger partial charge < -0.3 is 10.6 Å². The first-order chi connectivity index (χ1) is 14.5. The molecule has 3 aromatic rings. The summed E-state index contributed by atoms with van der Waals surface area (Å²) in [4.78, 5) is 25.9. The number of nitrogens with one attached hydrogen (secondary N) is 2. The summed E-state index contributed by atoms with van der Waals surface area (Å²) < 4.78 is 0. The predicted octanol–water partition coefficient (Wildman–Crippen LogP) is 4.32. The number of amides is 2. The van der Waals surface area contributed by atoms with Crippen molar-refractivity contribution in [2.75, 3.05) is 0 Å². The van der Waals surface area contributed by atoms with E-state index in [1.807, 2.05) is 92.7 Å². The highest BCUT2D eigenvalue weighted by Gasteiger charge is 2.18. The fourth-order valence-corrected chi connectivity index (χ4v) is 3.05. The summed E-state index contributed by atoms with van der Waals surface area (Å²) in [7, 11) is 0. The van der Waals surface area contributed by atoms with E-state index in [-0.39, 0.29) is 5.57 Å². The summed E-state index contributed by atoms with van der Waals surface area (Å²) in [6.07, 6.45) is 1.67. The number of carbonyl (C=O) groups excluding carboxylic acids is 2. The fourth-order valence-electron chi connectivity index (χ4n) is 3.05. The topological polar surface area (TPSA) is 58.2 Å². The van der Waals surface area contributed by atoms with Gasteiger partial charge in [0, 0.05) is 13.1 Å². The van der Waals surface area contributed by atoms with Crippen LogP contribution in [0.15, 0.2) is 84.4 Å². The summed E-state index contributed by atoms with van der Waals surface area (Å²) >= 11 is 0. The van der Waals surface area contributed by atoms with Gasteiger partial charge in [0.25, 0.3) is 11.8 Å². The Morgan fingerprint density at radius 1 is 0.733 bits per heavy atom. The van der Waals surface area contributed by atoms with Gasteiger partial charge >= 0.3 is 0 Å². The van der Waals surface area contributed by atoms with Gasteiger partial charge in [0.2, 0.25) is 0 Å². The summed E-state index contributed by atoms with van der Waals surface area (Å²) in [5.74, 6) is -0.796. The number of hydrogen-bond acceptors (Lipinski definition) is 2. The van der Waals surface area contributed by atoms with Crippen LogP contribution in [0.4, 0.5) is 0 Å². The van der Waals surface area contributed by atoms with Crippen LogP contribution < -0.4 is 10.6 Å². The second-order valence-electron chi connectivity index (χ2n) is 7.25. The molecule has 0 saturated carbocycles. The molecule has 0 bridgehead atoms. The molecule has 3 rings (SSSR count). The van der Waals surface area contributed by atoms with Gasteiger partial charge in [-0.1, -0.05) is 84.4 Å². The Labute approximate surface area is 177 Å². The van der Waals surface area contributed by atoms with Crippen molar-refractivity contribution in [3.8, 4) is 0 Å². The number of benzene rings is 3. The van der Waals surface area contributed by atoms with E-state index in [0.717, 1.165) is 27.8 Å². The molecule has 0 heterocycles. The van der Waals surface area contributed by atoms with Crippen molar-refractivity contribution in [3.63, 3.8) is 0 Å². The van der Waals surface area contributed by atoms with Crippen LogP contribution in [0.5, 0.6) is 0 Å². The lowest BCUT2D eigenvalue weighted by Gasteiger charge is -2.12. The molecule has 30 heavy (non-hydrogen) atoms. The minimum atomic E-state index is -0.398. The van der Waals surface area contributed by atoms with Crippen LogP contribution in [0, 0.1) is 13.8 Å². The Kier molecular flexibility index (Phi) is 7.17. The molecule has 0 aliphatic heterocycles. The fraction of sp³-hybridized carbons (Fsp3) is 0.154. The highest BCUT2D eigenvalue weighted by atomic mass is 16.2. The molecule has 152 valence electrons. The first-order valence-electron chi connectivity index (χ1n) is 9.96. The van der Waals surface area contributed by atoms with Gasteiger partial charge in [-0.15, -0.1) is 0 Å². The Morgan fingerprint density at radius 2 is 1.23 bits per heavy atom. The lowest BCUT2D eigenvalue weighted by atomic mass is 10.0. The van der Waals surface area contributed by atoms with Crippen molar-refractivity contribution in [1.82, 2.24) is 10.6 Å². The first kappa shape index (κ1) is 21.1. The van der Waals surface area contributed by atoms with Crippen LogP contribution in [0.1, 0.15) is 27.8 Å². The van der Waals surface area contributed by atoms with Crippen molar-refractivity contribution in [2.24, 2.45) is 0 Å². The summed E-state index contributed by atoms with van der Waals surface area (Å²) in [5.41, 5.74) is 4.97. The average Bonchev–Trinajstić information content (AvgIpc) is 2.77. The molecule has 0 radical (unpaired) electrons. The molecule has 2 N–H and O–H groups in total. The van der Waals surface area contributed by atoms with E-state index in [0.29, 0.717) is 13.1 Å². The number of carbonyl (C=O) groups is 2. The van der Waals surface area contributed by atoms with Crippen LogP contribution in [-0.4, -0.2) is 11.8 Å². The van der Waals surface area contributed by atoms with E-state index >= 15 is 0 Å². The lowest BCUT2D eigenvalue weighted by Crippen LogP contribution is -2.34. The number of aryl methyl sites for hydroxylation is 2. The summed E-state index contributed by atoms with van der Waals surface area (Å²) in [6, 6.07) is 25.2. The van der Waals surface area contributed by atoms with Crippen LogP contribution in [0.3, 0.4) is 0 Å². The van der Waals surface area contributed by atoms with Gasteiger partial charge in [-0.3, -0.25) is 9.59 Å². The molecule has 2 amide bonds. The normalized spacial score (nSPS) is 10.2. The third-order valence-electron chi connectivity index (χ3n) is 4.82. The smallest absolute Gasteiger partial charge is 0.257 e. The largest absolute Gasteiger partial charge is 0.348 e. The van der Waals surface area contributed by atoms with Gasteiger partial charge in [-0.25, -0.2) is 0 Å². The molecule has 0 saturated heterocycles. The molecule has 0 unspecified atom stereocenters. The SMILES string of the molecule is Cc1ccc(C)c(C=C(C(=O)NCc2ccccc2)C(=O)NCc2ccccc2)c1. The molecule has 4 heteroatoms. The minimum absolute atomic E-state index is 0.0931. The Hall–Kier alpha value is -3.66. The average molecular weight is 399 g/mol. The van der Waals surface area contributed by atoms with Gasteiger partial charge in [0.15, 0.2) is 0 Å². The van der Waals surface area contributed by atoms with Crippen molar-refractivity contribution < 1.29 is 9.59 Å². The third kappa shape index (κ3) is 5.92. The van der Waals surface area contributed by atoms with E-state index in [1.165, 1.54) is 0 Å². The monoisotopic (exact) mass is 398 g/mol. The zero-order valence-corrected chi connectivity index (χ0v) is 17.3. The highest BCUT2D eigenvalue weighted by Crippen LogP contribution is 2.15. The predicted molar refractivity (Wildman–Crippen MR) is 120 cm³/mol. The van der Waals surface area contributed by atoms with Gasteiger partial charge in [-0.2, -0.15) is 0 Å². The molecular formula is C26H26N2O2. The standard InChI is InChI=1S/C26H26N2O2/c1-19-13-14-20(2)23(15-19)16-24(25(29)27-17-21-9-5-3-6-10-21)26(30)28-18-22-11-7-4-8-12-22/h3-16H,17-18H2,1-2H3,(H,27,29)(H,28,30). The minimum Gasteiger partial charge on any atom is -0.348 e. The van der Waals surface area contributed by atoms with E-state index in [1.54, 1.807) is 6.08 Å². The maximum atomic E-state index is 12.9. The molecule has 0 spiro atoms. The van der Waals surface area contributed by atoms with E-state index in [2.05, 4.69) is 10.6 Å². The Morgan fingerprint density at radius 3 is 1.73 bits per heavy atom. The quantitative estimate of drug-likeness (QED) is 0.354. The van der Waals surface area contributed by atoms with Crippen molar-refractivity contribution in [3.05, 3.63) is 112 Å². The summed E-state index contributed by atoms with van der Waals surface area (Å²) in [5, 5.41) is 5.73. The summed E-state index contributed by atoms with van der Waals surface area (Å²) in [6.45, 7) is 4.67. The second-order valence-corrected chi connectivity index (χ2v) is 7.25. The van der Waals surface area contributed by atoms with Gasteiger partial charge in [0.1, 0.15) is 5.57 Å². The molecule has 0 atom stereocenters. The molecule has 3 aromatic carbocycles. The van der Waals surface area contributed by atoms with E-state index < -0.39 is 11.8 Å². The van der Waals surface area contributed by atoms with Crippen molar-refractivity contribution >= 4 is 17.9 Å². The first-order valence-corrected chi connectivity index (χ1v) is 9.96. The molecule has 0 fully saturated rings. The van der Waals surface area contributed by atoms with Gasteiger partial charge in [0.05, 0.1) is 0 Å². The number of hydrogen-bond donors (Lipinski definition) is 2. The lowest BCUT2D eigenvalue weighted by molar-refractivity contribution is -0.123. The van der Waals surface area contributed by atoms with Crippen LogP contribution >= 0.6 is 0 Å². The zero-order valence-electron chi connectivity index (χ0n) is 17.3. The van der Waals surface area contributed by atoms with Crippen LogP contribution in [-0.2, 0) is 22.7 Å². The number of rotatable bonds is 7. The molecule has 4 nitrogen and oxygen atoms in total. The molecule has 0 aliphatic rings. The van der Waals surface area contributed by atoms with Crippen molar-refractivity contribution in [2.45, 2.75) is 26.9 Å².